The lowest BCUT2D eigenvalue weighted by Gasteiger charge is -2.35. The van der Waals surface area contributed by atoms with Crippen LogP contribution in [-0.4, -0.2) is 48.2 Å². The number of hydrogen-bond donors (Lipinski definition) is 2. The molecular formula is C16H23N3O4. The zero-order valence-corrected chi connectivity index (χ0v) is 13.5. The summed E-state index contributed by atoms with van der Waals surface area (Å²) in [5.41, 5.74) is 1.39. The summed E-state index contributed by atoms with van der Waals surface area (Å²) < 4.78 is 5.11. The Morgan fingerprint density at radius 3 is 2.70 bits per heavy atom. The van der Waals surface area contributed by atoms with E-state index < -0.39 is 4.92 Å². The van der Waals surface area contributed by atoms with Gasteiger partial charge in [-0.3, -0.25) is 15.0 Å². The summed E-state index contributed by atoms with van der Waals surface area (Å²) in [5.74, 6) is 0.0823. The number of rotatable bonds is 6. The number of hydrogen-bond acceptors (Lipinski definition) is 6. The van der Waals surface area contributed by atoms with E-state index in [0.717, 1.165) is 31.8 Å². The highest BCUT2D eigenvalue weighted by Gasteiger charge is 2.28. The third kappa shape index (κ3) is 4.00. The molecule has 1 fully saturated rings. The van der Waals surface area contributed by atoms with Crippen LogP contribution in [0.1, 0.15) is 24.9 Å². The Hall–Kier alpha value is -2.12. The number of piperazine rings is 1. The minimum absolute atomic E-state index is 0.0390. The molecule has 0 amide bonds. The van der Waals surface area contributed by atoms with Crippen LogP contribution in [0.2, 0.25) is 0 Å². The van der Waals surface area contributed by atoms with Gasteiger partial charge in [-0.05, 0) is 13.3 Å². The van der Waals surface area contributed by atoms with Gasteiger partial charge in [-0.25, -0.2) is 0 Å². The van der Waals surface area contributed by atoms with Crippen LogP contribution in [0.5, 0.6) is 11.5 Å². The Morgan fingerprint density at radius 1 is 1.52 bits per heavy atom. The summed E-state index contributed by atoms with van der Waals surface area (Å²) >= 11 is 0. The van der Waals surface area contributed by atoms with Crippen molar-refractivity contribution in [1.82, 2.24) is 10.2 Å². The van der Waals surface area contributed by atoms with E-state index in [0.29, 0.717) is 12.0 Å². The number of nitrogens with one attached hydrogen (secondary N) is 1. The van der Waals surface area contributed by atoms with E-state index in [2.05, 4.69) is 16.8 Å². The van der Waals surface area contributed by atoms with Crippen molar-refractivity contribution in [3.05, 3.63) is 40.0 Å². The molecule has 0 radical (unpaired) electrons. The Bertz CT molecular complexity index is 597. The number of nitro benzene ring substituents is 1. The summed E-state index contributed by atoms with van der Waals surface area (Å²) in [6.07, 6.45) is 0.623. The van der Waals surface area contributed by atoms with Gasteiger partial charge in [0.2, 0.25) is 0 Å². The maximum atomic E-state index is 11.2. The van der Waals surface area contributed by atoms with Gasteiger partial charge in [-0.2, -0.15) is 0 Å². The van der Waals surface area contributed by atoms with Crippen LogP contribution in [0.4, 0.5) is 5.69 Å². The number of phenols is 1. The largest absolute Gasteiger partial charge is 0.504 e. The topological polar surface area (TPSA) is 87.9 Å². The van der Waals surface area contributed by atoms with Gasteiger partial charge in [0.05, 0.1) is 18.1 Å². The first-order valence-electron chi connectivity index (χ1n) is 7.58. The zero-order chi connectivity index (χ0) is 17.0. The van der Waals surface area contributed by atoms with Gasteiger partial charge in [0, 0.05) is 43.9 Å². The molecule has 1 atom stereocenters. The molecule has 7 heteroatoms. The van der Waals surface area contributed by atoms with Crippen molar-refractivity contribution in [2.45, 2.75) is 19.4 Å². The Labute approximate surface area is 135 Å². The van der Waals surface area contributed by atoms with E-state index in [4.69, 9.17) is 4.74 Å². The van der Waals surface area contributed by atoms with Crippen LogP contribution < -0.4 is 10.1 Å². The Morgan fingerprint density at radius 2 is 2.17 bits per heavy atom. The molecule has 2 N–H and O–H groups in total. The normalized spacial score (nSPS) is 16.8. The summed E-state index contributed by atoms with van der Waals surface area (Å²) in [6.45, 7) is 9.18. The summed E-state index contributed by atoms with van der Waals surface area (Å²) in [7, 11) is 1.39. The van der Waals surface area contributed by atoms with E-state index in [1.54, 1.807) is 0 Å². The molecule has 0 saturated carbocycles. The average molecular weight is 321 g/mol. The second kappa shape index (κ2) is 7.43. The van der Waals surface area contributed by atoms with E-state index in [1.165, 1.54) is 19.2 Å². The minimum Gasteiger partial charge on any atom is -0.504 e. The smallest absolute Gasteiger partial charge is 0.273 e. The number of aromatic hydroxyl groups is 1. The van der Waals surface area contributed by atoms with Crippen molar-refractivity contribution in [3.8, 4) is 11.5 Å². The molecule has 0 unspecified atom stereocenters. The second-order valence-corrected chi connectivity index (χ2v) is 5.81. The second-order valence-electron chi connectivity index (χ2n) is 5.81. The molecule has 1 aromatic rings. The lowest BCUT2D eigenvalue weighted by molar-refractivity contribution is -0.385. The molecule has 0 aliphatic carbocycles. The fourth-order valence-corrected chi connectivity index (χ4v) is 2.89. The van der Waals surface area contributed by atoms with Crippen LogP contribution >= 0.6 is 0 Å². The third-order valence-corrected chi connectivity index (χ3v) is 4.01. The number of non-ortho nitro benzene ring substituents is 1. The standard InChI is InChI=1S/C16H23N3O4/c1-11(2)8-14(18-6-4-17-5-7-18)13-9-12(19(21)22)10-15(23-3)16(13)20/h9-10,14,17,20H,1,4-8H2,2-3H3/t14-/m1/s1. The zero-order valence-electron chi connectivity index (χ0n) is 13.5. The number of nitro groups is 1. The van der Waals surface area contributed by atoms with Crippen molar-refractivity contribution in [3.63, 3.8) is 0 Å². The van der Waals surface area contributed by atoms with Crippen LogP contribution in [0.25, 0.3) is 0 Å². The quantitative estimate of drug-likeness (QED) is 0.474. The maximum absolute atomic E-state index is 11.2. The summed E-state index contributed by atoms with van der Waals surface area (Å²) in [6, 6.07) is 2.52. The van der Waals surface area contributed by atoms with Crippen LogP contribution in [0.3, 0.4) is 0 Å². The first kappa shape index (κ1) is 17.2. The molecule has 1 heterocycles. The number of ether oxygens (including phenoxy) is 1. The van der Waals surface area contributed by atoms with Gasteiger partial charge >= 0.3 is 0 Å². The fourth-order valence-electron chi connectivity index (χ4n) is 2.89. The molecule has 23 heavy (non-hydrogen) atoms. The van der Waals surface area contributed by atoms with Gasteiger partial charge in [0.15, 0.2) is 11.5 Å². The van der Waals surface area contributed by atoms with Crippen molar-refractivity contribution < 1.29 is 14.8 Å². The number of phenolic OH excluding ortho intramolecular Hbond substituents is 1. The predicted molar refractivity (Wildman–Crippen MR) is 87.9 cm³/mol. The number of nitrogens with zero attached hydrogens (tertiary/aromatic N) is 2. The monoisotopic (exact) mass is 321 g/mol. The van der Waals surface area contributed by atoms with E-state index in [9.17, 15) is 15.2 Å². The van der Waals surface area contributed by atoms with Gasteiger partial charge in [0.1, 0.15) is 0 Å². The van der Waals surface area contributed by atoms with E-state index in [1.807, 2.05) is 6.92 Å². The molecule has 0 aromatic heterocycles. The fraction of sp³-hybridized carbons (Fsp3) is 0.500. The molecule has 2 rings (SSSR count). The summed E-state index contributed by atoms with van der Waals surface area (Å²) in [5, 5.41) is 25.0. The third-order valence-electron chi connectivity index (χ3n) is 4.01. The van der Waals surface area contributed by atoms with Gasteiger partial charge in [-0.15, -0.1) is 6.58 Å². The van der Waals surface area contributed by atoms with Gasteiger partial charge in [-0.1, -0.05) is 5.57 Å². The van der Waals surface area contributed by atoms with Gasteiger partial charge in [0.25, 0.3) is 5.69 Å². The molecule has 1 saturated heterocycles. The molecule has 1 aromatic carbocycles. The molecule has 1 aliphatic heterocycles. The van der Waals surface area contributed by atoms with E-state index >= 15 is 0 Å². The number of methoxy groups -OCH3 is 1. The van der Waals surface area contributed by atoms with Crippen molar-refractivity contribution >= 4 is 5.69 Å². The first-order valence-corrected chi connectivity index (χ1v) is 7.58. The van der Waals surface area contributed by atoms with Crippen molar-refractivity contribution in [2.24, 2.45) is 0 Å². The lowest BCUT2D eigenvalue weighted by Crippen LogP contribution is -2.45. The highest BCUT2D eigenvalue weighted by atomic mass is 16.6. The van der Waals surface area contributed by atoms with Crippen molar-refractivity contribution in [1.29, 1.82) is 0 Å². The Kier molecular flexibility index (Phi) is 5.57. The predicted octanol–water partition coefficient (Wildman–Crippen LogP) is 2.22. The first-order chi connectivity index (χ1) is 10.9. The molecule has 0 spiro atoms. The van der Waals surface area contributed by atoms with Crippen LogP contribution in [0.15, 0.2) is 24.3 Å². The minimum atomic E-state index is -0.471. The van der Waals surface area contributed by atoms with E-state index in [-0.39, 0.29) is 23.2 Å². The maximum Gasteiger partial charge on any atom is 0.273 e. The van der Waals surface area contributed by atoms with Crippen LogP contribution in [-0.2, 0) is 0 Å². The van der Waals surface area contributed by atoms with Crippen molar-refractivity contribution in [2.75, 3.05) is 33.3 Å². The molecule has 126 valence electrons. The number of benzene rings is 1. The Balaban J connectivity index is 2.49. The van der Waals surface area contributed by atoms with Gasteiger partial charge < -0.3 is 15.2 Å². The highest BCUT2D eigenvalue weighted by molar-refractivity contribution is 5.55. The molecular weight excluding hydrogens is 298 g/mol. The van der Waals surface area contributed by atoms with Crippen LogP contribution in [0, 0.1) is 10.1 Å². The SMILES string of the molecule is C=C(C)C[C@H](c1cc([N+](=O)[O-])cc(OC)c1O)N1CCNCC1. The lowest BCUT2D eigenvalue weighted by atomic mass is 9.96. The molecule has 7 nitrogen and oxygen atoms in total. The molecule has 0 bridgehead atoms. The highest BCUT2D eigenvalue weighted by Crippen LogP contribution is 2.41. The molecule has 1 aliphatic rings. The average Bonchev–Trinajstić information content (AvgIpc) is 2.53. The summed E-state index contributed by atoms with van der Waals surface area (Å²) in [4.78, 5) is 12.9.